The van der Waals surface area contributed by atoms with Gasteiger partial charge < -0.3 is 20.3 Å². The van der Waals surface area contributed by atoms with E-state index >= 15 is 0 Å². The first-order valence-electron chi connectivity index (χ1n) is 12.2. The summed E-state index contributed by atoms with van der Waals surface area (Å²) in [6.07, 6.45) is 10.0. The highest BCUT2D eigenvalue weighted by molar-refractivity contribution is 6.31. The molecule has 7 nitrogen and oxygen atoms in total. The normalized spacial score (nSPS) is 15.6. The fourth-order valence-corrected chi connectivity index (χ4v) is 4.04. The molecule has 1 aromatic heterocycles. The van der Waals surface area contributed by atoms with E-state index < -0.39 is 5.82 Å². The van der Waals surface area contributed by atoms with Crippen molar-refractivity contribution in [1.29, 1.82) is 0 Å². The molecule has 2 aromatic carbocycles. The highest BCUT2D eigenvalue weighted by atomic mass is 35.5. The van der Waals surface area contributed by atoms with Crippen molar-refractivity contribution in [3.8, 4) is 5.75 Å². The van der Waals surface area contributed by atoms with Crippen LogP contribution in [0.1, 0.15) is 25.7 Å². The number of carbonyl (C=O) groups is 1. The van der Waals surface area contributed by atoms with Gasteiger partial charge in [0, 0.05) is 42.5 Å². The fourth-order valence-electron chi connectivity index (χ4n) is 3.86. The zero-order valence-electron chi connectivity index (χ0n) is 20.1. The SMILES string of the molecule is CN(CC=CC(=O)Nc1cc2cnc(Nc3ccc(F)c(Cl)c3)nc2cc1OCC1CC1)CC1CC1. The third-order valence-corrected chi connectivity index (χ3v) is 6.53. The van der Waals surface area contributed by atoms with Gasteiger partial charge in [-0.2, -0.15) is 0 Å². The number of aromatic nitrogens is 2. The van der Waals surface area contributed by atoms with Crippen molar-refractivity contribution in [2.45, 2.75) is 25.7 Å². The molecule has 0 atom stereocenters. The summed E-state index contributed by atoms with van der Waals surface area (Å²) in [4.78, 5) is 23.8. The van der Waals surface area contributed by atoms with Gasteiger partial charge in [0.1, 0.15) is 11.6 Å². The van der Waals surface area contributed by atoms with Crippen LogP contribution in [0.5, 0.6) is 5.75 Å². The van der Waals surface area contributed by atoms with Crippen LogP contribution in [0.4, 0.5) is 21.7 Å². The minimum Gasteiger partial charge on any atom is -0.491 e. The maximum atomic E-state index is 13.5. The van der Waals surface area contributed by atoms with E-state index in [4.69, 9.17) is 16.3 Å². The van der Waals surface area contributed by atoms with E-state index in [0.717, 1.165) is 37.2 Å². The minimum atomic E-state index is -0.492. The van der Waals surface area contributed by atoms with Crippen LogP contribution in [-0.2, 0) is 4.79 Å². The average Bonchev–Trinajstić information content (AvgIpc) is 3.77. The Labute approximate surface area is 214 Å². The molecule has 1 amide bonds. The second kappa shape index (κ2) is 10.8. The number of rotatable bonds is 11. The largest absolute Gasteiger partial charge is 0.491 e. The third kappa shape index (κ3) is 6.71. The molecule has 2 saturated carbocycles. The number of fused-ring (bicyclic) bond motifs is 1. The molecule has 1 heterocycles. The zero-order valence-corrected chi connectivity index (χ0v) is 20.9. The minimum absolute atomic E-state index is 0.0144. The predicted octanol–water partition coefficient (Wildman–Crippen LogP) is 5.79. The van der Waals surface area contributed by atoms with Gasteiger partial charge >= 0.3 is 0 Å². The first-order valence-corrected chi connectivity index (χ1v) is 12.6. The maximum absolute atomic E-state index is 13.5. The highest BCUT2D eigenvalue weighted by Crippen LogP contribution is 2.34. The van der Waals surface area contributed by atoms with E-state index in [-0.39, 0.29) is 10.9 Å². The molecule has 36 heavy (non-hydrogen) atoms. The molecule has 2 fully saturated rings. The van der Waals surface area contributed by atoms with E-state index in [1.807, 2.05) is 18.2 Å². The van der Waals surface area contributed by atoms with Crippen LogP contribution < -0.4 is 15.4 Å². The van der Waals surface area contributed by atoms with Gasteiger partial charge in [0.05, 0.1) is 22.8 Å². The van der Waals surface area contributed by atoms with Gasteiger partial charge in [-0.1, -0.05) is 17.7 Å². The number of hydrogen-bond acceptors (Lipinski definition) is 6. The average molecular weight is 510 g/mol. The smallest absolute Gasteiger partial charge is 0.248 e. The van der Waals surface area contributed by atoms with E-state index in [0.29, 0.717) is 41.1 Å². The van der Waals surface area contributed by atoms with Crippen LogP contribution in [0, 0.1) is 17.7 Å². The van der Waals surface area contributed by atoms with Crippen molar-refractivity contribution in [2.75, 3.05) is 37.4 Å². The Morgan fingerprint density at radius 2 is 2.03 bits per heavy atom. The Balaban J connectivity index is 1.31. The Kier molecular flexibility index (Phi) is 7.34. The molecule has 9 heteroatoms. The van der Waals surface area contributed by atoms with Gasteiger partial charge in [-0.15, -0.1) is 0 Å². The van der Waals surface area contributed by atoms with E-state index in [2.05, 4.69) is 32.5 Å². The number of ether oxygens (including phenoxy) is 1. The van der Waals surface area contributed by atoms with Crippen molar-refractivity contribution >= 4 is 45.7 Å². The Morgan fingerprint density at radius 1 is 1.22 bits per heavy atom. The van der Waals surface area contributed by atoms with Crippen LogP contribution in [-0.4, -0.2) is 47.5 Å². The molecule has 0 bridgehead atoms. The number of anilines is 3. The molecule has 0 saturated heterocycles. The number of nitrogens with zero attached hydrogens (tertiary/aromatic N) is 3. The van der Waals surface area contributed by atoms with Crippen molar-refractivity contribution < 1.29 is 13.9 Å². The maximum Gasteiger partial charge on any atom is 0.248 e. The first-order chi connectivity index (χ1) is 17.4. The van der Waals surface area contributed by atoms with Crippen molar-refractivity contribution in [3.63, 3.8) is 0 Å². The number of carbonyl (C=O) groups excluding carboxylic acids is 1. The molecule has 3 aromatic rings. The second-order valence-electron chi connectivity index (χ2n) is 9.67. The molecule has 5 rings (SSSR count). The third-order valence-electron chi connectivity index (χ3n) is 6.24. The monoisotopic (exact) mass is 509 g/mol. The summed E-state index contributed by atoms with van der Waals surface area (Å²) in [7, 11) is 2.07. The molecule has 2 aliphatic carbocycles. The van der Waals surface area contributed by atoms with Crippen molar-refractivity contribution in [2.24, 2.45) is 11.8 Å². The summed E-state index contributed by atoms with van der Waals surface area (Å²) in [6.45, 7) is 2.40. The van der Waals surface area contributed by atoms with Gasteiger partial charge in [0.25, 0.3) is 0 Å². The van der Waals surface area contributed by atoms with Gasteiger partial charge in [-0.3, -0.25) is 4.79 Å². The lowest BCUT2D eigenvalue weighted by Gasteiger charge is -2.14. The number of likely N-dealkylation sites (N-methyl/N-ethyl adjacent to an activating group) is 1. The molecule has 0 aliphatic heterocycles. The number of amides is 1. The molecule has 0 radical (unpaired) electrons. The summed E-state index contributed by atoms with van der Waals surface area (Å²) in [6, 6.07) is 7.95. The molecule has 2 aliphatic rings. The summed E-state index contributed by atoms with van der Waals surface area (Å²) >= 11 is 5.88. The van der Waals surface area contributed by atoms with Gasteiger partial charge in [0.15, 0.2) is 0 Å². The number of hydrogen-bond donors (Lipinski definition) is 2. The summed E-state index contributed by atoms with van der Waals surface area (Å²) < 4.78 is 19.5. The highest BCUT2D eigenvalue weighted by Gasteiger charge is 2.23. The molecule has 0 spiro atoms. The zero-order chi connectivity index (χ0) is 25.1. The quantitative estimate of drug-likeness (QED) is 0.318. The number of benzene rings is 2. The van der Waals surface area contributed by atoms with E-state index in [1.54, 1.807) is 18.3 Å². The summed E-state index contributed by atoms with van der Waals surface area (Å²) in [5.41, 5.74) is 1.81. The van der Waals surface area contributed by atoms with Gasteiger partial charge in [-0.25, -0.2) is 14.4 Å². The number of nitrogens with one attached hydrogen (secondary N) is 2. The molecule has 0 unspecified atom stereocenters. The van der Waals surface area contributed by atoms with Crippen LogP contribution in [0.2, 0.25) is 5.02 Å². The van der Waals surface area contributed by atoms with Crippen molar-refractivity contribution in [1.82, 2.24) is 14.9 Å². The summed E-state index contributed by atoms with van der Waals surface area (Å²) in [5, 5.41) is 6.75. The Morgan fingerprint density at radius 3 is 2.78 bits per heavy atom. The fraction of sp³-hybridized carbons (Fsp3) is 0.370. The second-order valence-corrected chi connectivity index (χ2v) is 10.1. The van der Waals surface area contributed by atoms with Crippen LogP contribution in [0.3, 0.4) is 0 Å². The number of halogens is 2. The molecule has 188 valence electrons. The van der Waals surface area contributed by atoms with Crippen molar-refractivity contribution in [3.05, 3.63) is 59.5 Å². The lowest BCUT2D eigenvalue weighted by molar-refractivity contribution is -0.111. The summed E-state index contributed by atoms with van der Waals surface area (Å²) in [5.74, 6) is 1.57. The van der Waals surface area contributed by atoms with Gasteiger partial charge in [0.2, 0.25) is 11.9 Å². The van der Waals surface area contributed by atoms with E-state index in [1.165, 1.54) is 25.0 Å². The Hall–Kier alpha value is -3.23. The molecular weight excluding hydrogens is 481 g/mol. The molecule has 2 N–H and O–H groups in total. The predicted molar refractivity (Wildman–Crippen MR) is 140 cm³/mol. The molecular formula is C27H29ClFN5O2. The van der Waals surface area contributed by atoms with Crippen LogP contribution in [0.25, 0.3) is 10.9 Å². The first kappa shape index (κ1) is 24.5. The lowest BCUT2D eigenvalue weighted by Crippen LogP contribution is -2.21. The van der Waals surface area contributed by atoms with Crippen LogP contribution >= 0.6 is 11.6 Å². The van der Waals surface area contributed by atoms with E-state index in [9.17, 15) is 9.18 Å². The van der Waals surface area contributed by atoms with Crippen LogP contribution in [0.15, 0.2) is 48.7 Å². The lowest BCUT2D eigenvalue weighted by atomic mass is 10.2. The van der Waals surface area contributed by atoms with Gasteiger partial charge in [-0.05, 0) is 68.8 Å². The topological polar surface area (TPSA) is 79.4 Å². The standard InChI is InChI=1S/C27H29ClFN5O2/c1-34(15-17-4-5-17)10-2-3-26(35)32-24-11-19-14-30-27(31-20-8-9-22(29)21(28)12-20)33-23(19)13-25(24)36-16-18-6-7-18/h2-3,8-9,11-14,17-18H,4-7,10,15-16H2,1H3,(H,32,35)(H,30,31,33). The Bertz CT molecular complexity index is 1290.